The van der Waals surface area contributed by atoms with Gasteiger partial charge in [-0.15, -0.1) is 0 Å². The van der Waals surface area contributed by atoms with Gasteiger partial charge in [0.2, 0.25) is 0 Å². The molecule has 0 spiro atoms. The van der Waals surface area contributed by atoms with Crippen LogP contribution >= 0.6 is 0 Å². The van der Waals surface area contributed by atoms with Gasteiger partial charge in [0.15, 0.2) is 0 Å². The Labute approximate surface area is 154 Å². The van der Waals surface area contributed by atoms with Crippen LogP contribution in [0, 0.1) is 24.0 Å². The molecular weight excluding hydrogens is 350 g/mol. The van der Waals surface area contributed by atoms with Crippen LogP contribution in [0.5, 0.6) is 17.2 Å². The lowest BCUT2D eigenvalue weighted by Gasteiger charge is -2.13. The lowest BCUT2D eigenvalue weighted by molar-refractivity contribution is -0.385. The quantitative estimate of drug-likeness (QED) is 0.527. The number of benzene rings is 2. The highest BCUT2D eigenvalue weighted by molar-refractivity contribution is 5.51. The molecule has 0 fully saturated rings. The van der Waals surface area contributed by atoms with Crippen molar-refractivity contribution in [3.63, 3.8) is 0 Å². The van der Waals surface area contributed by atoms with Crippen LogP contribution < -0.4 is 10.3 Å². The first-order valence-electron chi connectivity index (χ1n) is 8.13. The van der Waals surface area contributed by atoms with Crippen LogP contribution in [-0.4, -0.2) is 20.2 Å². The molecule has 0 radical (unpaired) electrons. The van der Waals surface area contributed by atoms with Crippen LogP contribution in [0.4, 0.5) is 5.69 Å². The SMILES string of the molecule is Cc1cc([N+](=O)[O-])cc(C)c1Oc1ccc(O)c(Cc2ccc(=O)[nH]n2)c1. The Hall–Kier alpha value is -3.68. The average Bonchev–Trinajstić information content (AvgIpc) is 2.62. The maximum atomic E-state index is 11.1. The van der Waals surface area contributed by atoms with E-state index in [0.717, 1.165) is 0 Å². The van der Waals surface area contributed by atoms with Gasteiger partial charge < -0.3 is 9.84 Å². The third kappa shape index (κ3) is 4.12. The molecule has 3 rings (SSSR count). The van der Waals surface area contributed by atoms with Crippen molar-refractivity contribution in [2.45, 2.75) is 20.3 Å². The summed E-state index contributed by atoms with van der Waals surface area (Å²) in [6.45, 7) is 3.47. The van der Waals surface area contributed by atoms with Crippen LogP contribution in [0.2, 0.25) is 0 Å². The molecule has 0 atom stereocenters. The van der Waals surface area contributed by atoms with Crippen molar-refractivity contribution < 1.29 is 14.8 Å². The van der Waals surface area contributed by atoms with E-state index in [4.69, 9.17) is 4.74 Å². The Bertz CT molecular complexity index is 1030. The number of H-pyrrole nitrogens is 1. The first-order chi connectivity index (χ1) is 12.8. The maximum absolute atomic E-state index is 11.1. The molecular formula is C19H17N3O5. The largest absolute Gasteiger partial charge is 0.508 e. The summed E-state index contributed by atoms with van der Waals surface area (Å²) in [6, 6.07) is 10.6. The topological polar surface area (TPSA) is 118 Å². The second kappa shape index (κ2) is 7.28. The van der Waals surface area contributed by atoms with E-state index in [1.165, 1.54) is 24.3 Å². The summed E-state index contributed by atoms with van der Waals surface area (Å²) in [7, 11) is 0. The second-order valence-corrected chi connectivity index (χ2v) is 6.15. The number of rotatable bonds is 5. The number of nitrogens with zero attached hydrogens (tertiary/aromatic N) is 2. The molecule has 8 heteroatoms. The highest BCUT2D eigenvalue weighted by atomic mass is 16.6. The Morgan fingerprint density at radius 3 is 2.44 bits per heavy atom. The highest BCUT2D eigenvalue weighted by Gasteiger charge is 2.14. The van der Waals surface area contributed by atoms with Crippen molar-refractivity contribution in [3.8, 4) is 17.2 Å². The normalized spacial score (nSPS) is 10.6. The van der Waals surface area contributed by atoms with E-state index in [9.17, 15) is 20.0 Å². The number of non-ortho nitro benzene ring substituents is 1. The van der Waals surface area contributed by atoms with Crippen molar-refractivity contribution in [3.05, 3.63) is 85.3 Å². The number of phenols is 1. The van der Waals surface area contributed by atoms with E-state index in [-0.39, 0.29) is 17.0 Å². The molecule has 0 saturated carbocycles. The van der Waals surface area contributed by atoms with Crippen LogP contribution in [0.25, 0.3) is 0 Å². The molecule has 2 N–H and O–H groups in total. The van der Waals surface area contributed by atoms with Crippen molar-refractivity contribution >= 4 is 5.69 Å². The summed E-state index contributed by atoms with van der Waals surface area (Å²) in [4.78, 5) is 21.6. The molecule has 0 amide bonds. The summed E-state index contributed by atoms with van der Waals surface area (Å²) < 4.78 is 5.92. The van der Waals surface area contributed by atoms with E-state index in [1.807, 2.05) is 0 Å². The molecule has 2 aromatic carbocycles. The predicted octanol–water partition coefficient (Wildman–Crippen LogP) is 3.38. The van der Waals surface area contributed by atoms with Gasteiger partial charge in [-0.2, -0.15) is 5.10 Å². The molecule has 0 aliphatic heterocycles. The summed E-state index contributed by atoms with van der Waals surface area (Å²) >= 11 is 0. The van der Waals surface area contributed by atoms with E-state index in [1.54, 1.807) is 32.0 Å². The van der Waals surface area contributed by atoms with E-state index in [2.05, 4.69) is 10.2 Å². The van der Waals surface area contributed by atoms with E-state index >= 15 is 0 Å². The second-order valence-electron chi connectivity index (χ2n) is 6.15. The first-order valence-corrected chi connectivity index (χ1v) is 8.13. The van der Waals surface area contributed by atoms with Crippen molar-refractivity contribution in [2.24, 2.45) is 0 Å². The zero-order chi connectivity index (χ0) is 19.6. The summed E-state index contributed by atoms with van der Waals surface area (Å²) in [5.41, 5.74) is 2.14. The van der Waals surface area contributed by atoms with Gasteiger partial charge in [-0.3, -0.25) is 14.9 Å². The van der Waals surface area contributed by atoms with Crippen molar-refractivity contribution in [1.82, 2.24) is 10.2 Å². The molecule has 1 aromatic heterocycles. The van der Waals surface area contributed by atoms with Gasteiger partial charge in [-0.05, 0) is 49.2 Å². The fourth-order valence-corrected chi connectivity index (χ4v) is 2.75. The Balaban J connectivity index is 1.89. The number of ether oxygens (including phenoxy) is 1. The zero-order valence-electron chi connectivity index (χ0n) is 14.7. The maximum Gasteiger partial charge on any atom is 0.270 e. The average molecular weight is 367 g/mol. The minimum absolute atomic E-state index is 0.00731. The number of hydrogen-bond donors (Lipinski definition) is 2. The number of aromatic hydroxyl groups is 1. The predicted molar refractivity (Wildman–Crippen MR) is 98.4 cm³/mol. The number of hydrogen-bond acceptors (Lipinski definition) is 6. The van der Waals surface area contributed by atoms with Crippen molar-refractivity contribution in [2.75, 3.05) is 0 Å². The number of aryl methyl sites for hydroxylation is 2. The molecule has 0 bridgehead atoms. The lowest BCUT2D eigenvalue weighted by Crippen LogP contribution is -2.07. The van der Waals surface area contributed by atoms with Gasteiger partial charge in [0.1, 0.15) is 17.2 Å². The molecule has 27 heavy (non-hydrogen) atoms. The van der Waals surface area contributed by atoms with Crippen LogP contribution in [0.15, 0.2) is 47.3 Å². The van der Waals surface area contributed by atoms with Gasteiger partial charge in [-0.1, -0.05) is 0 Å². The molecule has 3 aromatic rings. The number of nitro groups is 1. The number of nitro benzene ring substituents is 1. The smallest absolute Gasteiger partial charge is 0.270 e. The number of phenolic OH excluding ortho intramolecular Hbond substituents is 1. The fourth-order valence-electron chi connectivity index (χ4n) is 2.75. The summed E-state index contributed by atoms with van der Waals surface area (Å²) in [6.07, 6.45) is 0.304. The van der Waals surface area contributed by atoms with Crippen LogP contribution in [0.1, 0.15) is 22.4 Å². The van der Waals surface area contributed by atoms with Gasteiger partial charge in [0.05, 0.1) is 10.6 Å². The summed E-state index contributed by atoms with van der Waals surface area (Å²) in [5, 5.41) is 27.3. The third-order valence-electron chi connectivity index (χ3n) is 4.04. The molecule has 0 unspecified atom stereocenters. The molecule has 138 valence electrons. The fraction of sp³-hybridized carbons (Fsp3) is 0.158. The zero-order valence-corrected chi connectivity index (χ0v) is 14.7. The van der Waals surface area contributed by atoms with Crippen LogP contribution in [-0.2, 0) is 6.42 Å². The molecule has 0 saturated heterocycles. The standard InChI is InChI=1S/C19H17N3O5/c1-11-7-15(22(25)26)8-12(2)19(11)27-16-4-5-17(23)13(10-16)9-14-3-6-18(24)21-20-14/h3-8,10,23H,9H2,1-2H3,(H,21,24). The molecule has 0 aliphatic carbocycles. The number of nitrogens with one attached hydrogen (secondary N) is 1. The molecule has 1 heterocycles. The van der Waals surface area contributed by atoms with E-state index in [0.29, 0.717) is 40.3 Å². The van der Waals surface area contributed by atoms with Gasteiger partial charge in [0.25, 0.3) is 11.2 Å². The Morgan fingerprint density at radius 1 is 1.15 bits per heavy atom. The van der Waals surface area contributed by atoms with Crippen LogP contribution in [0.3, 0.4) is 0 Å². The summed E-state index contributed by atoms with van der Waals surface area (Å²) in [5.74, 6) is 1.08. The number of aromatic nitrogens is 2. The van der Waals surface area contributed by atoms with Gasteiger partial charge >= 0.3 is 0 Å². The Morgan fingerprint density at radius 2 is 1.85 bits per heavy atom. The number of aromatic amines is 1. The highest BCUT2D eigenvalue weighted by Crippen LogP contribution is 2.34. The molecule has 0 aliphatic rings. The minimum Gasteiger partial charge on any atom is -0.508 e. The molecule has 8 nitrogen and oxygen atoms in total. The Kier molecular flexibility index (Phi) is 4.89. The first kappa shape index (κ1) is 18.1. The van der Waals surface area contributed by atoms with Crippen molar-refractivity contribution in [1.29, 1.82) is 0 Å². The van der Waals surface area contributed by atoms with E-state index < -0.39 is 4.92 Å². The monoisotopic (exact) mass is 367 g/mol. The van der Waals surface area contributed by atoms with Gasteiger partial charge in [-0.25, -0.2) is 5.10 Å². The minimum atomic E-state index is -0.445. The van der Waals surface area contributed by atoms with Gasteiger partial charge in [0, 0.05) is 30.2 Å². The third-order valence-corrected chi connectivity index (χ3v) is 4.04. The lowest BCUT2D eigenvalue weighted by atomic mass is 10.1.